The number of aromatic nitrogens is 2. The summed E-state index contributed by atoms with van der Waals surface area (Å²) in [6.45, 7) is 0. The molecule has 0 radical (unpaired) electrons. The SMILES string of the molecule is COc1ccc2nc(SCC(=O)NC(c3ccccc3)c3cccs3)[nH]c2c1. The van der Waals surface area contributed by atoms with Crippen molar-refractivity contribution in [2.75, 3.05) is 12.9 Å². The molecule has 2 N–H and O–H groups in total. The highest BCUT2D eigenvalue weighted by Gasteiger charge is 2.18. The van der Waals surface area contributed by atoms with E-state index in [4.69, 9.17) is 4.74 Å². The Kier molecular flexibility index (Phi) is 5.64. The summed E-state index contributed by atoms with van der Waals surface area (Å²) in [5.41, 5.74) is 2.81. The summed E-state index contributed by atoms with van der Waals surface area (Å²) in [5.74, 6) is 1.02. The van der Waals surface area contributed by atoms with Gasteiger partial charge < -0.3 is 15.0 Å². The van der Waals surface area contributed by atoms with Gasteiger partial charge in [-0.05, 0) is 29.1 Å². The molecule has 1 atom stereocenters. The lowest BCUT2D eigenvalue weighted by Crippen LogP contribution is -2.30. The van der Waals surface area contributed by atoms with E-state index in [1.807, 2.05) is 66.0 Å². The van der Waals surface area contributed by atoms with Crippen LogP contribution in [0.3, 0.4) is 0 Å². The van der Waals surface area contributed by atoms with Crippen molar-refractivity contribution in [2.24, 2.45) is 0 Å². The smallest absolute Gasteiger partial charge is 0.231 e. The molecule has 0 spiro atoms. The fraction of sp³-hybridized carbons (Fsp3) is 0.143. The molecule has 0 saturated carbocycles. The van der Waals surface area contributed by atoms with Gasteiger partial charge in [0.1, 0.15) is 5.75 Å². The number of fused-ring (bicyclic) bond motifs is 1. The number of H-pyrrole nitrogens is 1. The van der Waals surface area contributed by atoms with E-state index in [0.717, 1.165) is 27.2 Å². The predicted octanol–water partition coefficient (Wildman–Crippen LogP) is 4.63. The molecule has 1 amide bonds. The largest absolute Gasteiger partial charge is 0.497 e. The van der Waals surface area contributed by atoms with Gasteiger partial charge in [0, 0.05) is 10.9 Å². The quantitative estimate of drug-likeness (QED) is 0.437. The molecule has 2 heterocycles. The first kappa shape index (κ1) is 18.6. The second kappa shape index (κ2) is 8.50. The van der Waals surface area contributed by atoms with Crippen LogP contribution in [-0.2, 0) is 4.79 Å². The van der Waals surface area contributed by atoms with Crippen LogP contribution in [0, 0.1) is 0 Å². The maximum atomic E-state index is 12.6. The Morgan fingerprint density at radius 1 is 1.21 bits per heavy atom. The molecule has 1 unspecified atom stereocenters. The van der Waals surface area contributed by atoms with Crippen molar-refractivity contribution >= 4 is 40.0 Å². The van der Waals surface area contributed by atoms with Crippen LogP contribution < -0.4 is 10.1 Å². The minimum absolute atomic E-state index is 0.0368. The van der Waals surface area contributed by atoms with Crippen LogP contribution in [0.1, 0.15) is 16.5 Å². The molecule has 2 aromatic heterocycles. The summed E-state index contributed by atoms with van der Waals surface area (Å²) in [5, 5.41) is 5.88. The number of carbonyl (C=O) groups excluding carboxylic acids is 1. The van der Waals surface area contributed by atoms with Crippen LogP contribution in [0.5, 0.6) is 5.75 Å². The molecule has 0 saturated heterocycles. The van der Waals surface area contributed by atoms with Gasteiger partial charge in [0.15, 0.2) is 5.16 Å². The number of nitrogens with one attached hydrogen (secondary N) is 2. The third-order valence-corrected chi connectivity index (χ3v) is 6.08. The lowest BCUT2D eigenvalue weighted by Gasteiger charge is -2.17. The van der Waals surface area contributed by atoms with E-state index in [1.54, 1.807) is 18.4 Å². The average molecular weight is 410 g/mol. The molecule has 0 fully saturated rings. The van der Waals surface area contributed by atoms with E-state index in [2.05, 4.69) is 15.3 Å². The number of hydrogen-bond donors (Lipinski definition) is 2. The molecular weight excluding hydrogens is 390 g/mol. The molecule has 5 nitrogen and oxygen atoms in total. The van der Waals surface area contributed by atoms with Crippen LogP contribution in [0.25, 0.3) is 11.0 Å². The molecule has 0 aliphatic heterocycles. The maximum Gasteiger partial charge on any atom is 0.231 e. The fourth-order valence-electron chi connectivity index (χ4n) is 2.92. The average Bonchev–Trinajstić information content (AvgIpc) is 3.40. The molecule has 0 aliphatic carbocycles. The summed E-state index contributed by atoms with van der Waals surface area (Å²) in [6, 6.07) is 19.6. The number of methoxy groups -OCH3 is 1. The van der Waals surface area contributed by atoms with Crippen LogP contribution in [-0.4, -0.2) is 28.7 Å². The third kappa shape index (κ3) is 4.21. The zero-order valence-electron chi connectivity index (χ0n) is 15.2. The number of thiophene rings is 1. The molecule has 0 bridgehead atoms. The van der Waals surface area contributed by atoms with Gasteiger partial charge in [-0.1, -0.05) is 48.2 Å². The lowest BCUT2D eigenvalue weighted by atomic mass is 10.1. The van der Waals surface area contributed by atoms with Crippen molar-refractivity contribution in [2.45, 2.75) is 11.2 Å². The molecular formula is C21H19N3O2S2. The van der Waals surface area contributed by atoms with E-state index in [-0.39, 0.29) is 17.7 Å². The van der Waals surface area contributed by atoms with E-state index in [1.165, 1.54) is 11.8 Å². The minimum Gasteiger partial charge on any atom is -0.497 e. The minimum atomic E-state index is -0.144. The standard InChI is InChI=1S/C21H19N3O2S2/c1-26-15-9-10-16-17(12-15)23-21(22-16)28-13-19(25)24-20(18-8-5-11-27-18)14-6-3-2-4-7-14/h2-12,20H,13H2,1H3,(H,22,23)(H,24,25). The Labute approximate surface area is 171 Å². The summed E-state index contributed by atoms with van der Waals surface area (Å²) < 4.78 is 5.23. The molecule has 4 rings (SSSR count). The van der Waals surface area contributed by atoms with Crippen molar-refractivity contribution in [1.29, 1.82) is 0 Å². The second-order valence-corrected chi connectivity index (χ2v) is 8.08. The van der Waals surface area contributed by atoms with E-state index in [9.17, 15) is 4.79 Å². The van der Waals surface area contributed by atoms with E-state index in [0.29, 0.717) is 5.16 Å². The molecule has 7 heteroatoms. The monoisotopic (exact) mass is 409 g/mol. The number of rotatable bonds is 7. The van der Waals surface area contributed by atoms with Gasteiger partial charge in [-0.25, -0.2) is 4.98 Å². The Bertz CT molecular complexity index is 1060. The number of amides is 1. The normalized spacial score (nSPS) is 12.0. The van der Waals surface area contributed by atoms with Crippen LogP contribution >= 0.6 is 23.1 Å². The number of imidazole rings is 1. The first-order chi connectivity index (χ1) is 13.7. The number of carbonyl (C=O) groups is 1. The number of benzene rings is 2. The van der Waals surface area contributed by atoms with E-state index < -0.39 is 0 Å². The highest BCUT2D eigenvalue weighted by molar-refractivity contribution is 7.99. The molecule has 4 aromatic rings. The zero-order chi connectivity index (χ0) is 19.3. The molecule has 142 valence electrons. The van der Waals surface area contributed by atoms with Gasteiger partial charge in [0.25, 0.3) is 0 Å². The number of ether oxygens (including phenoxy) is 1. The first-order valence-corrected chi connectivity index (χ1v) is 10.6. The predicted molar refractivity (Wildman–Crippen MR) is 114 cm³/mol. The molecule has 28 heavy (non-hydrogen) atoms. The summed E-state index contributed by atoms with van der Waals surface area (Å²) in [6.07, 6.45) is 0. The summed E-state index contributed by atoms with van der Waals surface area (Å²) >= 11 is 3.02. The van der Waals surface area contributed by atoms with Gasteiger partial charge >= 0.3 is 0 Å². The number of nitrogens with zero attached hydrogens (tertiary/aromatic N) is 1. The van der Waals surface area contributed by atoms with Crippen molar-refractivity contribution in [3.63, 3.8) is 0 Å². The van der Waals surface area contributed by atoms with Crippen molar-refractivity contribution in [3.05, 3.63) is 76.5 Å². The van der Waals surface area contributed by atoms with E-state index >= 15 is 0 Å². The number of hydrogen-bond acceptors (Lipinski definition) is 5. The van der Waals surface area contributed by atoms with Crippen molar-refractivity contribution in [1.82, 2.24) is 15.3 Å². The molecule has 0 aliphatic rings. The lowest BCUT2D eigenvalue weighted by molar-refractivity contribution is -0.119. The second-order valence-electron chi connectivity index (χ2n) is 6.14. The first-order valence-electron chi connectivity index (χ1n) is 8.77. The zero-order valence-corrected chi connectivity index (χ0v) is 16.8. The van der Waals surface area contributed by atoms with Crippen LogP contribution in [0.4, 0.5) is 0 Å². The van der Waals surface area contributed by atoms with Gasteiger partial charge in [-0.3, -0.25) is 4.79 Å². The Morgan fingerprint density at radius 3 is 2.82 bits per heavy atom. The third-order valence-electron chi connectivity index (χ3n) is 4.27. The summed E-state index contributed by atoms with van der Waals surface area (Å²) in [4.78, 5) is 21.5. The highest BCUT2D eigenvalue weighted by atomic mass is 32.2. The topological polar surface area (TPSA) is 67.0 Å². The number of aromatic amines is 1. The Hall–Kier alpha value is -2.77. The van der Waals surface area contributed by atoms with Gasteiger partial charge in [0.05, 0.1) is 29.9 Å². The molecule has 2 aromatic carbocycles. The van der Waals surface area contributed by atoms with Crippen molar-refractivity contribution in [3.8, 4) is 5.75 Å². The van der Waals surface area contributed by atoms with Crippen LogP contribution in [0.15, 0.2) is 71.2 Å². The van der Waals surface area contributed by atoms with Crippen molar-refractivity contribution < 1.29 is 9.53 Å². The highest BCUT2D eigenvalue weighted by Crippen LogP contribution is 2.27. The van der Waals surface area contributed by atoms with Crippen LogP contribution in [0.2, 0.25) is 0 Å². The Balaban J connectivity index is 1.44. The number of thioether (sulfide) groups is 1. The van der Waals surface area contributed by atoms with Gasteiger partial charge in [-0.15, -0.1) is 11.3 Å². The Morgan fingerprint density at radius 2 is 2.07 bits per heavy atom. The summed E-state index contributed by atoms with van der Waals surface area (Å²) in [7, 11) is 1.63. The van der Waals surface area contributed by atoms with Gasteiger partial charge in [0.2, 0.25) is 5.91 Å². The maximum absolute atomic E-state index is 12.6. The fourth-order valence-corrected chi connectivity index (χ4v) is 4.42. The van der Waals surface area contributed by atoms with Gasteiger partial charge in [-0.2, -0.15) is 0 Å².